The second-order valence-corrected chi connectivity index (χ2v) is 9.24. The molecule has 0 spiro atoms. The van der Waals surface area contributed by atoms with Gasteiger partial charge in [-0.2, -0.15) is 11.8 Å². The van der Waals surface area contributed by atoms with Crippen molar-refractivity contribution in [3.05, 3.63) is 71.3 Å². The molecule has 0 unspecified atom stereocenters. The van der Waals surface area contributed by atoms with E-state index in [1.165, 1.54) is 17.5 Å². The summed E-state index contributed by atoms with van der Waals surface area (Å²) in [5.74, 6) is 1.79. The average molecular weight is 483 g/mol. The first-order valence-electron chi connectivity index (χ1n) is 12.0. The molecule has 1 aromatic heterocycles. The van der Waals surface area contributed by atoms with E-state index < -0.39 is 0 Å². The van der Waals surface area contributed by atoms with Gasteiger partial charge in [-0.1, -0.05) is 37.6 Å². The summed E-state index contributed by atoms with van der Waals surface area (Å²) in [5.41, 5.74) is 10.6. The lowest BCUT2D eigenvalue weighted by Crippen LogP contribution is -2.32. The van der Waals surface area contributed by atoms with E-state index in [4.69, 9.17) is 10.5 Å². The Bertz CT molecular complexity index is 910. The minimum absolute atomic E-state index is 0.0511. The Hall–Kier alpha value is -2.64. The van der Waals surface area contributed by atoms with E-state index in [2.05, 4.69) is 41.2 Å². The quantitative estimate of drug-likeness (QED) is 0.268. The van der Waals surface area contributed by atoms with Crippen LogP contribution >= 0.6 is 11.8 Å². The van der Waals surface area contributed by atoms with E-state index in [0.717, 1.165) is 36.6 Å². The third-order valence-electron chi connectivity index (χ3n) is 5.16. The monoisotopic (exact) mass is 482 g/mol. The highest BCUT2D eigenvalue weighted by Gasteiger charge is 2.16. The van der Waals surface area contributed by atoms with Crippen LogP contribution in [0, 0.1) is 0 Å². The van der Waals surface area contributed by atoms with Crippen LogP contribution in [-0.2, 0) is 22.6 Å². The third-order valence-corrected chi connectivity index (χ3v) is 6.23. The molecule has 0 saturated heterocycles. The molecule has 2 rings (SSSR count). The molecule has 2 aromatic rings. The van der Waals surface area contributed by atoms with Gasteiger partial charge in [-0.25, -0.2) is 0 Å². The Kier molecular flexibility index (Phi) is 13.0. The van der Waals surface area contributed by atoms with Crippen molar-refractivity contribution in [3.63, 3.8) is 0 Å². The summed E-state index contributed by atoms with van der Waals surface area (Å²) >= 11 is 1.78. The Morgan fingerprint density at radius 3 is 2.59 bits per heavy atom. The number of benzene rings is 1. The van der Waals surface area contributed by atoms with E-state index in [-0.39, 0.29) is 5.91 Å². The van der Waals surface area contributed by atoms with E-state index in [0.29, 0.717) is 31.0 Å². The summed E-state index contributed by atoms with van der Waals surface area (Å²) in [6.45, 7) is 7.84. The van der Waals surface area contributed by atoms with Gasteiger partial charge in [0.1, 0.15) is 0 Å². The first-order chi connectivity index (χ1) is 16.5. The number of rotatable bonds is 15. The van der Waals surface area contributed by atoms with Gasteiger partial charge in [0.15, 0.2) is 0 Å². The summed E-state index contributed by atoms with van der Waals surface area (Å²) in [4.78, 5) is 23.0. The Morgan fingerprint density at radius 2 is 1.94 bits per heavy atom. The lowest BCUT2D eigenvalue weighted by molar-refractivity contribution is -0.128. The van der Waals surface area contributed by atoms with E-state index in [9.17, 15) is 4.79 Å². The van der Waals surface area contributed by atoms with Crippen molar-refractivity contribution in [3.8, 4) is 0 Å². The Morgan fingerprint density at radius 1 is 1.18 bits per heavy atom. The summed E-state index contributed by atoms with van der Waals surface area (Å²) in [5, 5.41) is 0. The van der Waals surface area contributed by atoms with Crippen molar-refractivity contribution in [1.29, 1.82) is 0 Å². The standard InChI is InChI=1S/C27H38N4O2S/c1-4-8-23-10-12-24(13-11-23)21-33-16-7-17-34-18-14-27(32)31(5-2)26(22(3)28)20-30-25-9-6-15-29-19-25/h6,9-13,15,19-20H,4-5,7-8,14,16-18,21,28H2,1-3H3. The number of nitrogens with two attached hydrogens (primary N) is 1. The van der Waals surface area contributed by atoms with Crippen LogP contribution in [0.1, 0.15) is 51.2 Å². The number of amides is 1. The van der Waals surface area contributed by atoms with Crippen LogP contribution in [0.3, 0.4) is 0 Å². The lowest BCUT2D eigenvalue weighted by atomic mass is 10.1. The molecule has 0 atom stereocenters. The molecule has 0 aliphatic rings. The third kappa shape index (κ3) is 10.1. The van der Waals surface area contributed by atoms with Crippen molar-refractivity contribution < 1.29 is 9.53 Å². The molecule has 2 N–H and O–H groups in total. The van der Waals surface area contributed by atoms with Crippen molar-refractivity contribution in [2.75, 3.05) is 24.7 Å². The summed E-state index contributed by atoms with van der Waals surface area (Å²) < 4.78 is 5.80. The predicted octanol–water partition coefficient (Wildman–Crippen LogP) is 5.51. The van der Waals surface area contributed by atoms with Crippen molar-refractivity contribution in [2.24, 2.45) is 10.7 Å². The highest BCUT2D eigenvalue weighted by Crippen LogP contribution is 2.14. The summed E-state index contributed by atoms with van der Waals surface area (Å²) in [7, 11) is 0. The second kappa shape index (κ2) is 16.1. The van der Waals surface area contributed by atoms with Gasteiger partial charge in [-0.3, -0.25) is 14.8 Å². The van der Waals surface area contributed by atoms with Gasteiger partial charge in [0.2, 0.25) is 5.91 Å². The molecule has 0 fully saturated rings. The molecule has 0 saturated carbocycles. The van der Waals surface area contributed by atoms with Crippen LogP contribution in [0.5, 0.6) is 0 Å². The number of ether oxygens (including phenoxy) is 1. The molecule has 0 aliphatic carbocycles. The number of hydrogen-bond acceptors (Lipinski definition) is 6. The maximum Gasteiger partial charge on any atom is 0.227 e. The van der Waals surface area contributed by atoms with Gasteiger partial charge in [-0.05, 0) is 55.7 Å². The molecule has 184 valence electrons. The predicted molar refractivity (Wildman–Crippen MR) is 143 cm³/mol. The Labute approximate surface area is 208 Å². The molecule has 1 aromatic carbocycles. The first-order valence-corrected chi connectivity index (χ1v) is 13.1. The van der Waals surface area contributed by atoms with Crippen LogP contribution in [0.25, 0.3) is 0 Å². The van der Waals surface area contributed by atoms with Crippen molar-refractivity contribution in [2.45, 2.75) is 53.1 Å². The molecule has 0 radical (unpaired) electrons. The number of aromatic nitrogens is 1. The van der Waals surface area contributed by atoms with Gasteiger partial charge >= 0.3 is 0 Å². The molecule has 0 aliphatic heterocycles. The van der Waals surface area contributed by atoms with Crippen LogP contribution in [0.15, 0.2) is 65.2 Å². The molecular weight excluding hydrogens is 444 g/mol. The summed E-state index contributed by atoms with van der Waals surface area (Å²) in [6.07, 6.45) is 8.73. The average Bonchev–Trinajstić information content (AvgIpc) is 2.84. The molecule has 0 bridgehead atoms. The fourth-order valence-electron chi connectivity index (χ4n) is 3.37. The number of aryl methyl sites for hydroxylation is 1. The normalized spacial score (nSPS) is 12.1. The smallest absolute Gasteiger partial charge is 0.227 e. The highest BCUT2D eigenvalue weighted by atomic mass is 32.2. The SMILES string of the molecule is CCCc1ccc(COCCCSCCC(=O)N(CC)C(C=Nc2cccnc2)=C(C)N)cc1. The molecule has 1 amide bonds. The van der Waals surface area contributed by atoms with E-state index in [1.807, 2.05) is 19.1 Å². The number of pyridine rings is 1. The zero-order chi connectivity index (χ0) is 24.6. The number of hydrogen-bond donors (Lipinski definition) is 1. The lowest BCUT2D eigenvalue weighted by Gasteiger charge is -2.22. The highest BCUT2D eigenvalue weighted by molar-refractivity contribution is 7.99. The van der Waals surface area contributed by atoms with Gasteiger partial charge in [0, 0.05) is 37.2 Å². The Balaban J connectivity index is 1.67. The topological polar surface area (TPSA) is 80.8 Å². The maximum absolute atomic E-state index is 12.8. The minimum Gasteiger partial charge on any atom is -0.401 e. The fraction of sp³-hybridized carbons (Fsp3) is 0.444. The zero-order valence-corrected chi connectivity index (χ0v) is 21.5. The minimum atomic E-state index is 0.0511. The summed E-state index contributed by atoms with van der Waals surface area (Å²) in [6, 6.07) is 12.4. The second-order valence-electron chi connectivity index (χ2n) is 8.01. The van der Waals surface area contributed by atoms with Crippen LogP contribution in [0.4, 0.5) is 5.69 Å². The van der Waals surface area contributed by atoms with Crippen LogP contribution in [0.2, 0.25) is 0 Å². The number of carbonyl (C=O) groups excluding carboxylic acids is 1. The van der Waals surface area contributed by atoms with Crippen LogP contribution in [-0.4, -0.2) is 46.7 Å². The van der Waals surface area contributed by atoms with Gasteiger partial charge in [-0.15, -0.1) is 0 Å². The molecule has 34 heavy (non-hydrogen) atoms. The number of thioether (sulfide) groups is 1. The number of nitrogens with zero attached hydrogens (tertiary/aromatic N) is 3. The molecular formula is C27H38N4O2S. The number of allylic oxidation sites excluding steroid dienone is 2. The largest absolute Gasteiger partial charge is 0.401 e. The molecule has 6 nitrogen and oxygen atoms in total. The van der Waals surface area contributed by atoms with E-state index >= 15 is 0 Å². The van der Waals surface area contributed by atoms with Gasteiger partial charge < -0.3 is 15.4 Å². The van der Waals surface area contributed by atoms with E-state index in [1.54, 1.807) is 42.2 Å². The van der Waals surface area contributed by atoms with Gasteiger partial charge in [0.05, 0.1) is 30.4 Å². The molecule has 1 heterocycles. The first kappa shape index (κ1) is 27.6. The van der Waals surface area contributed by atoms with Crippen LogP contribution < -0.4 is 5.73 Å². The fourth-order valence-corrected chi connectivity index (χ4v) is 4.22. The van der Waals surface area contributed by atoms with Crippen molar-refractivity contribution in [1.82, 2.24) is 9.88 Å². The zero-order valence-electron chi connectivity index (χ0n) is 20.7. The van der Waals surface area contributed by atoms with Crippen molar-refractivity contribution >= 4 is 29.6 Å². The maximum atomic E-state index is 12.8. The molecule has 7 heteroatoms. The van der Waals surface area contributed by atoms with Gasteiger partial charge in [0.25, 0.3) is 0 Å². The number of carbonyl (C=O) groups is 1. The number of aliphatic imine (C=N–C) groups is 1.